The first kappa shape index (κ1) is 15.0. The van der Waals surface area contributed by atoms with E-state index in [1.165, 1.54) is 37.7 Å². The molecule has 0 bridgehead atoms. The summed E-state index contributed by atoms with van der Waals surface area (Å²) in [5, 5.41) is 8.91. The molecule has 0 unspecified atom stereocenters. The number of nitrogen functional groups attached to an aromatic ring is 1. The first-order valence-electron chi connectivity index (χ1n) is 6.17. The van der Waals surface area contributed by atoms with Crippen molar-refractivity contribution in [1.82, 2.24) is 0 Å². The number of methoxy groups -OCH3 is 1. The molecule has 1 aliphatic carbocycles. The first-order valence-corrected chi connectivity index (χ1v) is 6.98. The molecule has 5 heteroatoms. The highest BCUT2D eigenvalue weighted by molar-refractivity contribution is 7.14. The van der Waals surface area contributed by atoms with E-state index in [-0.39, 0.29) is 12.1 Å². The molecule has 1 aliphatic rings. The van der Waals surface area contributed by atoms with Crippen molar-refractivity contribution < 1.29 is 14.6 Å². The molecule has 0 radical (unpaired) electrons. The largest absolute Gasteiger partial charge is 0.465 e. The van der Waals surface area contributed by atoms with Gasteiger partial charge in [-0.05, 0) is 25.8 Å². The Morgan fingerprint density at radius 1 is 1.44 bits per heavy atom. The minimum atomic E-state index is -0.361. The SMILES string of the molecule is COC(=O)c1sc(C)cc1N.OC1CCCCC1. The normalized spacial score (nSPS) is 15.7. The molecule has 102 valence electrons. The van der Waals surface area contributed by atoms with Gasteiger partial charge in [0.05, 0.1) is 18.9 Å². The summed E-state index contributed by atoms with van der Waals surface area (Å²) < 4.78 is 4.52. The van der Waals surface area contributed by atoms with Gasteiger partial charge < -0.3 is 15.6 Å². The Bertz CT molecular complexity index is 384. The minimum Gasteiger partial charge on any atom is -0.465 e. The highest BCUT2D eigenvalue weighted by Crippen LogP contribution is 2.24. The van der Waals surface area contributed by atoms with Gasteiger partial charge in [0, 0.05) is 4.88 Å². The van der Waals surface area contributed by atoms with Crippen LogP contribution in [0.15, 0.2) is 6.07 Å². The summed E-state index contributed by atoms with van der Waals surface area (Å²) >= 11 is 1.35. The molecular formula is C13H21NO3S. The maximum atomic E-state index is 11.0. The fourth-order valence-electron chi connectivity index (χ4n) is 1.87. The number of hydrogen-bond acceptors (Lipinski definition) is 5. The number of thiophene rings is 1. The number of rotatable bonds is 1. The number of aryl methyl sites for hydroxylation is 1. The van der Waals surface area contributed by atoms with E-state index in [2.05, 4.69) is 4.74 Å². The number of hydrogen-bond donors (Lipinski definition) is 2. The molecule has 1 aromatic rings. The van der Waals surface area contributed by atoms with Crippen molar-refractivity contribution in [2.75, 3.05) is 12.8 Å². The summed E-state index contributed by atoms with van der Waals surface area (Å²) in [6, 6.07) is 1.76. The highest BCUT2D eigenvalue weighted by Gasteiger charge is 2.12. The summed E-state index contributed by atoms with van der Waals surface area (Å²) in [6.07, 6.45) is 5.92. The van der Waals surface area contributed by atoms with E-state index in [9.17, 15) is 4.79 Å². The van der Waals surface area contributed by atoms with Gasteiger partial charge in [-0.25, -0.2) is 4.79 Å². The Balaban J connectivity index is 0.000000199. The van der Waals surface area contributed by atoms with Crippen LogP contribution in [0.2, 0.25) is 0 Å². The molecule has 1 fully saturated rings. The van der Waals surface area contributed by atoms with E-state index in [1.54, 1.807) is 6.07 Å². The summed E-state index contributed by atoms with van der Waals surface area (Å²) in [4.78, 5) is 12.5. The molecule has 2 rings (SSSR count). The zero-order chi connectivity index (χ0) is 13.5. The summed E-state index contributed by atoms with van der Waals surface area (Å²) in [7, 11) is 1.34. The average molecular weight is 271 g/mol. The van der Waals surface area contributed by atoms with Crippen molar-refractivity contribution in [2.24, 2.45) is 0 Å². The predicted molar refractivity (Wildman–Crippen MR) is 73.9 cm³/mol. The molecule has 0 atom stereocenters. The topological polar surface area (TPSA) is 72.5 Å². The maximum absolute atomic E-state index is 11.0. The Labute approximate surface area is 112 Å². The molecule has 1 saturated carbocycles. The molecule has 4 nitrogen and oxygen atoms in total. The van der Waals surface area contributed by atoms with Gasteiger partial charge in [0.2, 0.25) is 0 Å². The van der Waals surface area contributed by atoms with Crippen LogP contribution in [0.5, 0.6) is 0 Å². The van der Waals surface area contributed by atoms with E-state index in [1.807, 2.05) is 6.92 Å². The van der Waals surface area contributed by atoms with E-state index < -0.39 is 0 Å². The van der Waals surface area contributed by atoms with Crippen molar-refractivity contribution in [3.63, 3.8) is 0 Å². The van der Waals surface area contributed by atoms with Crippen LogP contribution in [0, 0.1) is 6.92 Å². The molecule has 18 heavy (non-hydrogen) atoms. The number of ether oxygens (including phenoxy) is 1. The number of aliphatic hydroxyl groups excluding tert-OH is 1. The Kier molecular flexibility index (Phi) is 6.15. The lowest BCUT2D eigenvalue weighted by Crippen LogP contribution is -2.09. The highest BCUT2D eigenvalue weighted by atomic mass is 32.1. The quantitative estimate of drug-likeness (QED) is 0.770. The van der Waals surface area contributed by atoms with E-state index in [0.717, 1.165) is 17.7 Å². The number of aliphatic hydroxyl groups is 1. The van der Waals surface area contributed by atoms with E-state index in [4.69, 9.17) is 10.8 Å². The van der Waals surface area contributed by atoms with E-state index >= 15 is 0 Å². The lowest BCUT2D eigenvalue weighted by Gasteiger charge is -2.14. The third kappa shape index (κ3) is 4.66. The second-order valence-corrected chi connectivity index (χ2v) is 5.68. The number of carbonyl (C=O) groups excluding carboxylic acids is 1. The maximum Gasteiger partial charge on any atom is 0.350 e. The van der Waals surface area contributed by atoms with Gasteiger partial charge in [-0.15, -0.1) is 11.3 Å². The monoisotopic (exact) mass is 271 g/mol. The van der Waals surface area contributed by atoms with Crippen LogP contribution >= 0.6 is 11.3 Å². The summed E-state index contributed by atoms with van der Waals surface area (Å²) in [5.41, 5.74) is 6.03. The summed E-state index contributed by atoms with van der Waals surface area (Å²) in [6.45, 7) is 1.90. The number of carbonyl (C=O) groups is 1. The molecule has 1 aromatic heterocycles. The Hall–Kier alpha value is -1.07. The van der Waals surface area contributed by atoms with Crippen LogP contribution < -0.4 is 5.73 Å². The Morgan fingerprint density at radius 3 is 2.39 bits per heavy atom. The van der Waals surface area contributed by atoms with Crippen molar-refractivity contribution in [3.05, 3.63) is 15.8 Å². The van der Waals surface area contributed by atoms with Crippen LogP contribution in [-0.4, -0.2) is 24.3 Å². The van der Waals surface area contributed by atoms with Crippen molar-refractivity contribution in [1.29, 1.82) is 0 Å². The predicted octanol–water partition coefficient (Wildman–Crippen LogP) is 2.74. The fraction of sp³-hybridized carbons (Fsp3) is 0.615. The second-order valence-electron chi connectivity index (χ2n) is 4.42. The third-order valence-electron chi connectivity index (χ3n) is 2.83. The second kappa shape index (κ2) is 7.38. The molecule has 1 heterocycles. The smallest absolute Gasteiger partial charge is 0.350 e. The molecule has 0 amide bonds. The molecule has 0 aliphatic heterocycles. The van der Waals surface area contributed by atoms with Gasteiger partial charge >= 0.3 is 5.97 Å². The zero-order valence-corrected chi connectivity index (χ0v) is 11.8. The lowest BCUT2D eigenvalue weighted by atomic mass is 9.98. The Morgan fingerprint density at radius 2 is 2.06 bits per heavy atom. The number of esters is 1. The van der Waals surface area contributed by atoms with Crippen LogP contribution in [-0.2, 0) is 4.74 Å². The third-order valence-corrected chi connectivity index (χ3v) is 3.88. The molecule has 0 aromatic carbocycles. The molecule has 0 spiro atoms. The van der Waals surface area contributed by atoms with Crippen molar-refractivity contribution in [3.8, 4) is 0 Å². The average Bonchev–Trinajstić information content (AvgIpc) is 2.69. The van der Waals surface area contributed by atoms with Crippen LogP contribution in [0.3, 0.4) is 0 Å². The number of anilines is 1. The van der Waals surface area contributed by atoms with Gasteiger partial charge in [0.25, 0.3) is 0 Å². The minimum absolute atomic E-state index is 0.0359. The van der Waals surface area contributed by atoms with Crippen LogP contribution in [0.4, 0.5) is 5.69 Å². The van der Waals surface area contributed by atoms with Crippen molar-refractivity contribution >= 4 is 23.0 Å². The van der Waals surface area contributed by atoms with Crippen LogP contribution in [0.1, 0.15) is 46.7 Å². The molecular weight excluding hydrogens is 250 g/mol. The van der Waals surface area contributed by atoms with Gasteiger partial charge in [0.1, 0.15) is 4.88 Å². The molecule has 3 N–H and O–H groups in total. The standard InChI is InChI=1S/C7H9NO2S.C6H12O/c1-4-3-5(8)6(11-4)7(9)10-2;7-6-4-2-1-3-5-6/h3H,8H2,1-2H3;6-7H,1-5H2. The van der Waals surface area contributed by atoms with Gasteiger partial charge in [-0.3, -0.25) is 0 Å². The zero-order valence-electron chi connectivity index (χ0n) is 10.9. The first-order chi connectivity index (χ1) is 8.54. The lowest BCUT2D eigenvalue weighted by molar-refractivity contribution is 0.0607. The van der Waals surface area contributed by atoms with Crippen molar-refractivity contribution in [2.45, 2.75) is 45.1 Å². The summed E-state index contributed by atoms with van der Waals surface area (Å²) in [5.74, 6) is -0.361. The van der Waals surface area contributed by atoms with Crippen LogP contribution in [0.25, 0.3) is 0 Å². The van der Waals surface area contributed by atoms with Gasteiger partial charge in [-0.1, -0.05) is 19.3 Å². The number of nitrogens with two attached hydrogens (primary N) is 1. The van der Waals surface area contributed by atoms with Gasteiger partial charge in [-0.2, -0.15) is 0 Å². The van der Waals surface area contributed by atoms with E-state index in [0.29, 0.717) is 10.6 Å². The molecule has 0 saturated heterocycles. The fourth-order valence-corrected chi connectivity index (χ4v) is 2.72. The van der Waals surface area contributed by atoms with Gasteiger partial charge in [0.15, 0.2) is 0 Å².